The van der Waals surface area contributed by atoms with E-state index in [1.54, 1.807) is 32.9 Å². The number of carboxylic acid groups (broad SMARTS) is 1. The molecular formula is C15H21NO4. The van der Waals surface area contributed by atoms with Crippen LogP contribution in [0.2, 0.25) is 0 Å². The lowest BCUT2D eigenvalue weighted by Gasteiger charge is -2.25. The second kappa shape index (κ2) is 6.05. The molecule has 5 nitrogen and oxygen atoms in total. The number of hydrogen-bond acceptors (Lipinski definition) is 4. The Labute approximate surface area is 118 Å². The molecule has 0 aliphatic carbocycles. The highest BCUT2D eigenvalue weighted by Crippen LogP contribution is 2.23. The molecule has 0 bridgehead atoms. The molecule has 1 aromatic carbocycles. The van der Waals surface area contributed by atoms with E-state index in [4.69, 9.17) is 10.5 Å². The van der Waals surface area contributed by atoms with Crippen molar-refractivity contribution in [3.8, 4) is 0 Å². The van der Waals surface area contributed by atoms with E-state index in [1.165, 1.54) is 0 Å². The number of carbonyl (C=O) groups is 2. The molecule has 0 aliphatic heterocycles. The first-order chi connectivity index (χ1) is 9.11. The van der Waals surface area contributed by atoms with E-state index in [1.807, 2.05) is 19.1 Å². The molecule has 0 amide bonds. The zero-order valence-electron chi connectivity index (χ0n) is 12.2. The quantitative estimate of drug-likeness (QED) is 0.650. The summed E-state index contributed by atoms with van der Waals surface area (Å²) in [5.74, 6) is -3.53. The number of hydrogen-bond donors (Lipinski definition) is 2. The van der Waals surface area contributed by atoms with E-state index in [2.05, 4.69) is 0 Å². The summed E-state index contributed by atoms with van der Waals surface area (Å²) in [6.45, 7) is 6.96. The van der Waals surface area contributed by atoms with E-state index < -0.39 is 29.5 Å². The average Bonchev–Trinajstić information content (AvgIpc) is 2.26. The maximum Gasteiger partial charge on any atom is 0.322 e. The number of rotatable bonds is 4. The number of carbonyl (C=O) groups excluding carboxylic acids is 1. The molecule has 3 N–H and O–H groups in total. The Morgan fingerprint density at radius 3 is 2.10 bits per heavy atom. The molecule has 0 fully saturated rings. The molecule has 5 heteroatoms. The van der Waals surface area contributed by atoms with Crippen molar-refractivity contribution in [2.24, 2.45) is 11.7 Å². The van der Waals surface area contributed by atoms with Crippen LogP contribution in [0.1, 0.15) is 37.9 Å². The Morgan fingerprint density at radius 1 is 1.20 bits per heavy atom. The van der Waals surface area contributed by atoms with Crippen molar-refractivity contribution in [2.45, 2.75) is 39.3 Å². The lowest BCUT2D eigenvalue weighted by molar-refractivity contribution is -0.167. The van der Waals surface area contributed by atoms with Crippen molar-refractivity contribution in [2.75, 3.05) is 0 Å². The minimum absolute atomic E-state index is 0.592. The Kier molecular flexibility index (Phi) is 4.89. The van der Waals surface area contributed by atoms with Crippen LogP contribution in [-0.2, 0) is 14.3 Å². The van der Waals surface area contributed by atoms with Crippen LogP contribution in [0.15, 0.2) is 24.3 Å². The summed E-state index contributed by atoms with van der Waals surface area (Å²) in [7, 11) is 0. The van der Waals surface area contributed by atoms with Crippen LogP contribution in [0, 0.1) is 12.8 Å². The Morgan fingerprint density at radius 2 is 1.70 bits per heavy atom. The summed E-state index contributed by atoms with van der Waals surface area (Å²) in [5, 5.41) is 9.25. The molecule has 0 radical (unpaired) electrons. The summed E-state index contributed by atoms with van der Waals surface area (Å²) in [6.07, 6.45) is 0. The molecule has 2 atom stereocenters. The van der Waals surface area contributed by atoms with Crippen LogP contribution in [0.4, 0.5) is 0 Å². The number of nitrogens with two attached hydrogens (primary N) is 1. The van der Waals surface area contributed by atoms with E-state index >= 15 is 0 Å². The molecule has 0 saturated carbocycles. The van der Waals surface area contributed by atoms with Crippen LogP contribution < -0.4 is 5.73 Å². The molecule has 0 heterocycles. The van der Waals surface area contributed by atoms with Gasteiger partial charge in [-0.25, -0.2) is 0 Å². The van der Waals surface area contributed by atoms with Gasteiger partial charge in [0, 0.05) is 0 Å². The van der Waals surface area contributed by atoms with Gasteiger partial charge in [-0.2, -0.15) is 0 Å². The highest BCUT2D eigenvalue weighted by atomic mass is 16.6. The molecule has 1 aromatic rings. The fourth-order valence-corrected chi connectivity index (χ4v) is 1.75. The minimum Gasteiger partial charge on any atom is -0.481 e. The highest BCUT2D eigenvalue weighted by molar-refractivity contribution is 5.95. The average molecular weight is 279 g/mol. The van der Waals surface area contributed by atoms with Gasteiger partial charge in [-0.15, -0.1) is 0 Å². The van der Waals surface area contributed by atoms with Crippen LogP contribution in [0.3, 0.4) is 0 Å². The molecule has 1 rings (SSSR count). The van der Waals surface area contributed by atoms with Gasteiger partial charge < -0.3 is 15.6 Å². The Balaban J connectivity index is 2.99. The van der Waals surface area contributed by atoms with Crippen LogP contribution in [0.25, 0.3) is 0 Å². The number of carboxylic acids is 1. The normalized spacial score (nSPS) is 14.4. The first-order valence-corrected chi connectivity index (χ1v) is 6.39. The second-order valence-corrected chi connectivity index (χ2v) is 5.79. The van der Waals surface area contributed by atoms with Crippen molar-refractivity contribution in [1.82, 2.24) is 0 Å². The maximum absolute atomic E-state index is 12.0. The number of aryl methyl sites for hydroxylation is 1. The smallest absolute Gasteiger partial charge is 0.322 e. The third-order valence-electron chi connectivity index (χ3n) is 2.75. The number of ether oxygens (including phenoxy) is 1. The summed E-state index contributed by atoms with van der Waals surface area (Å²) in [4.78, 5) is 23.3. The van der Waals surface area contributed by atoms with Gasteiger partial charge >= 0.3 is 11.9 Å². The fourth-order valence-electron chi connectivity index (χ4n) is 1.75. The molecule has 0 aliphatic rings. The second-order valence-electron chi connectivity index (χ2n) is 5.79. The van der Waals surface area contributed by atoms with E-state index in [0.717, 1.165) is 5.56 Å². The van der Waals surface area contributed by atoms with Crippen molar-refractivity contribution in [1.29, 1.82) is 0 Å². The van der Waals surface area contributed by atoms with Gasteiger partial charge in [-0.05, 0) is 33.3 Å². The number of esters is 1. The van der Waals surface area contributed by atoms with Crippen LogP contribution in [0.5, 0.6) is 0 Å². The molecule has 0 saturated heterocycles. The van der Waals surface area contributed by atoms with Gasteiger partial charge in [0.25, 0.3) is 0 Å². The van der Waals surface area contributed by atoms with Crippen molar-refractivity contribution >= 4 is 11.9 Å². The highest BCUT2D eigenvalue weighted by Gasteiger charge is 2.37. The molecule has 0 aromatic heterocycles. The number of benzene rings is 1. The molecule has 0 spiro atoms. The summed E-state index contributed by atoms with van der Waals surface area (Å²) >= 11 is 0. The van der Waals surface area contributed by atoms with Crippen molar-refractivity contribution in [3.63, 3.8) is 0 Å². The standard InChI is InChI=1S/C15H21NO4/c1-9-5-7-10(8-6-9)12(16)11(13(17)18)14(19)20-15(2,3)4/h5-8,11-12H,16H2,1-4H3,(H,17,18)/t11-,12?/m0/s1. The SMILES string of the molecule is Cc1ccc(C(N)[C@@H](C(=O)O)C(=O)OC(C)(C)C)cc1. The van der Waals surface area contributed by atoms with Gasteiger partial charge in [0.1, 0.15) is 5.60 Å². The zero-order valence-corrected chi connectivity index (χ0v) is 12.2. The van der Waals surface area contributed by atoms with Crippen molar-refractivity contribution in [3.05, 3.63) is 35.4 Å². The summed E-state index contributed by atoms with van der Waals surface area (Å²) in [6, 6.07) is 6.15. The lowest BCUT2D eigenvalue weighted by atomic mass is 9.93. The predicted molar refractivity (Wildman–Crippen MR) is 75.1 cm³/mol. The van der Waals surface area contributed by atoms with Crippen LogP contribution in [-0.4, -0.2) is 22.6 Å². The Bertz CT molecular complexity index is 488. The fraction of sp³-hybridized carbons (Fsp3) is 0.467. The lowest BCUT2D eigenvalue weighted by Crippen LogP contribution is -2.39. The molecular weight excluding hydrogens is 258 g/mol. The minimum atomic E-state index is -1.42. The maximum atomic E-state index is 12.0. The first kappa shape index (κ1) is 16.2. The monoisotopic (exact) mass is 279 g/mol. The van der Waals surface area contributed by atoms with Gasteiger partial charge in [0.2, 0.25) is 0 Å². The topological polar surface area (TPSA) is 89.6 Å². The molecule has 20 heavy (non-hydrogen) atoms. The van der Waals surface area contributed by atoms with Gasteiger partial charge in [0.15, 0.2) is 5.92 Å². The van der Waals surface area contributed by atoms with Crippen molar-refractivity contribution < 1.29 is 19.4 Å². The van der Waals surface area contributed by atoms with Gasteiger partial charge in [-0.3, -0.25) is 9.59 Å². The predicted octanol–water partition coefficient (Wildman–Crippen LogP) is 2.04. The van der Waals surface area contributed by atoms with Gasteiger partial charge in [0.05, 0.1) is 6.04 Å². The third-order valence-corrected chi connectivity index (χ3v) is 2.75. The zero-order chi connectivity index (χ0) is 15.5. The van der Waals surface area contributed by atoms with E-state index in [9.17, 15) is 14.7 Å². The van der Waals surface area contributed by atoms with E-state index in [-0.39, 0.29) is 0 Å². The largest absolute Gasteiger partial charge is 0.481 e. The summed E-state index contributed by atoms with van der Waals surface area (Å²) < 4.78 is 5.13. The third kappa shape index (κ3) is 4.35. The Hall–Kier alpha value is -1.88. The van der Waals surface area contributed by atoms with Gasteiger partial charge in [-0.1, -0.05) is 29.8 Å². The molecule has 1 unspecified atom stereocenters. The summed E-state index contributed by atoms with van der Waals surface area (Å²) in [5.41, 5.74) is 6.80. The van der Waals surface area contributed by atoms with Crippen LogP contribution >= 0.6 is 0 Å². The number of aliphatic carboxylic acids is 1. The van der Waals surface area contributed by atoms with E-state index in [0.29, 0.717) is 5.56 Å². The molecule has 110 valence electrons. The first-order valence-electron chi connectivity index (χ1n) is 6.39.